The summed E-state index contributed by atoms with van der Waals surface area (Å²) in [6.07, 6.45) is 3.55. The lowest BCUT2D eigenvalue weighted by atomic mass is 9.87. The second-order valence-corrected chi connectivity index (χ2v) is 9.69. The van der Waals surface area contributed by atoms with Gasteiger partial charge in [-0.1, -0.05) is 6.07 Å². The van der Waals surface area contributed by atoms with E-state index in [0.29, 0.717) is 34.6 Å². The minimum absolute atomic E-state index is 0.0526. The second-order valence-electron chi connectivity index (χ2n) is 9.69. The Bertz CT molecular complexity index is 1520. The molecule has 0 amide bonds. The van der Waals surface area contributed by atoms with Crippen molar-refractivity contribution in [1.82, 2.24) is 24.5 Å². The molecule has 7 heterocycles. The molecule has 0 aliphatic carbocycles. The van der Waals surface area contributed by atoms with E-state index < -0.39 is 13.0 Å². The minimum atomic E-state index is -2.62. The normalized spacial score (nSPS) is 18.7. The molecule has 0 spiro atoms. The van der Waals surface area contributed by atoms with Gasteiger partial charge in [-0.05, 0) is 30.2 Å². The first-order chi connectivity index (χ1) is 18.9. The molecule has 39 heavy (non-hydrogen) atoms. The summed E-state index contributed by atoms with van der Waals surface area (Å²) in [5.74, 6) is 1.71. The molecule has 2 N–H and O–H groups in total. The number of piperidine rings is 1. The highest BCUT2D eigenvalue weighted by molar-refractivity contribution is 5.88. The van der Waals surface area contributed by atoms with E-state index in [4.69, 9.17) is 20.2 Å². The molecule has 2 atom stereocenters. The van der Waals surface area contributed by atoms with Gasteiger partial charge < -0.3 is 20.1 Å². The lowest BCUT2D eigenvalue weighted by molar-refractivity contribution is -0.00876. The summed E-state index contributed by atoms with van der Waals surface area (Å²) in [4.78, 5) is 13.8. The first kappa shape index (κ1) is 24.8. The van der Waals surface area contributed by atoms with Crippen molar-refractivity contribution in [3.05, 3.63) is 60.0 Å². The monoisotopic (exact) mass is 532 g/mol. The summed E-state index contributed by atoms with van der Waals surface area (Å²) >= 11 is 0. The number of alkyl halides is 2. The number of methoxy groups -OCH3 is 1. The topological polar surface area (TPSA) is 118 Å². The van der Waals surface area contributed by atoms with Gasteiger partial charge in [-0.25, -0.2) is 23.3 Å². The van der Waals surface area contributed by atoms with E-state index in [0.717, 1.165) is 37.4 Å². The Hall–Kier alpha value is -4.50. The van der Waals surface area contributed by atoms with Gasteiger partial charge in [0.2, 0.25) is 5.88 Å². The number of rotatable bonds is 8. The van der Waals surface area contributed by atoms with Crippen LogP contribution in [0.2, 0.25) is 0 Å². The van der Waals surface area contributed by atoms with Crippen LogP contribution in [0.4, 0.5) is 20.4 Å². The van der Waals surface area contributed by atoms with Gasteiger partial charge in [0.1, 0.15) is 29.8 Å². The van der Waals surface area contributed by atoms with Crippen LogP contribution in [0.15, 0.2) is 48.9 Å². The number of nitriles is 1. The molecule has 3 saturated heterocycles. The van der Waals surface area contributed by atoms with Gasteiger partial charge in [-0.2, -0.15) is 5.26 Å². The zero-order chi connectivity index (χ0) is 27.1. The predicted molar refractivity (Wildman–Crippen MR) is 140 cm³/mol. The van der Waals surface area contributed by atoms with Crippen molar-refractivity contribution < 1.29 is 18.3 Å². The summed E-state index contributed by atoms with van der Waals surface area (Å²) < 4.78 is 37.3. The van der Waals surface area contributed by atoms with E-state index in [1.165, 1.54) is 10.7 Å². The largest absolute Gasteiger partial charge is 0.486 e. The molecule has 3 aliphatic rings. The fraction of sp³-hybridized carbons (Fsp3) is 0.333. The first-order valence-electron chi connectivity index (χ1n) is 12.5. The van der Waals surface area contributed by atoms with Crippen molar-refractivity contribution in [3.63, 3.8) is 0 Å². The van der Waals surface area contributed by atoms with Crippen LogP contribution in [0.25, 0.3) is 16.6 Å². The predicted octanol–water partition coefficient (Wildman–Crippen LogP) is 3.36. The number of hydrogen-bond donors (Lipinski definition) is 1. The quantitative estimate of drug-likeness (QED) is 0.364. The molecule has 12 heteroatoms. The van der Waals surface area contributed by atoms with E-state index >= 15 is 0 Å². The van der Waals surface area contributed by atoms with Crippen LogP contribution in [-0.4, -0.2) is 69.8 Å². The van der Waals surface area contributed by atoms with Gasteiger partial charge in [-0.15, -0.1) is 5.10 Å². The second kappa shape index (κ2) is 9.99. The van der Waals surface area contributed by atoms with Crippen LogP contribution >= 0.6 is 0 Å². The number of pyridine rings is 3. The maximum absolute atomic E-state index is 12.8. The zero-order valence-corrected chi connectivity index (χ0v) is 21.2. The minimum Gasteiger partial charge on any atom is -0.486 e. The molecule has 4 aromatic rings. The number of nitrogen functional groups attached to an aromatic ring is 1. The van der Waals surface area contributed by atoms with E-state index in [9.17, 15) is 14.0 Å². The zero-order valence-electron chi connectivity index (χ0n) is 21.2. The van der Waals surface area contributed by atoms with E-state index in [1.54, 1.807) is 19.4 Å². The Balaban J connectivity index is 1.21. The van der Waals surface area contributed by atoms with E-state index in [1.807, 2.05) is 30.5 Å². The van der Waals surface area contributed by atoms with Crippen molar-refractivity contribution >= 4 is 17.2 Å². The number of hydrogen-bond acceptors (Lipinski definition) is 9. The average Bonchev–Trinajstić information content (AvgIpc) is 3.29. The SMILES string of the molecule is COc1ccc(CN2C3CC2CN(c2ccc(-c4cc(OCC(F)F)cn5nc(N)c(C#N)c45)cn2)C3)cn1. The Morgan fingerprint density at radius 1 is 1.15 bits per heavy atom. The molecule has 7 rings (SSSR count). The van der Waals surface area contributed by atoms with Crippen molar-refractivity contribution in [2.75, 3.05) is 37.4 Å². The highest BCUT2D eigenvalue weighted by Crippen LogP contribution is 2.37. The number of halogens is 2. The highest BCUT2D eigenvalue weighted by atomic mass is 19.3. The number of ether oxygens (including phenoxy) is 2. The number of nitrogens with zero attached hydrogens (tertiary/aromatic N) is 7. The number of anilines is 2. The van der Waals surface area contributed by atoms with Crippen molar-refractivity contribution in [3.8, 4) is 28.8 Å². The maximum Gasteiger partial charge on any atom is 0.272 e. The van der Waals surface area contributed by atoms with Gasteiger partial charge in [-0.3, -0.25) is 4.90 Å². The molecule has 2 unspecified atom stereocenters. The average molecular weight is 533 g/mol. The number of aromatic nitrogens is 4. The third-order valence-corrected chi connectivity index (χ3v) is 7.32. The van der Waals surface area contributed by atoms with Crippen LogP contribution in [0, 0.1) is 11.3 Å². The fourth-order valence-corrected chi connectivity index (χ4v) is 5.44. The molecule has 200 valence electrons. The Labute approximate surface area is 223 Å². The molecule has 3 aliphatic heterocycles. The summed E-state index contributed by atoms with van der Waals surface area (Å²) in [7, 11) is 1.61. The van der Waals surface area contributed by atoms with E-state index in [2.05, 4.69) is 26.0 Å². The van der Waals surface area contributed by atoms with Crippen LogP contribution in [-0.2, 0) is 6.54 Å². The number of piperazine rings is 1. The van der Waals surface area contributed by atoms with Crippen molar-refractivity contribution in [1.29, 1.82) is 5.26 Å². The highest BCUT2D eigenvalue weighted by Gasteiger charge is 2.44. The Morgan fingerprint density at radius 2 is 1.97 bits per heavy atom. The molecule has 3 fully saturated rings. The van der Waals surface area contributed by atoms with Gasteiger partial charge in [0, 0.05) is 61.3 Å². The molecule has 4 aromatic heterocycles. The van der Waals surface area contributed by atoms with Gasteiger partial charge in [0.05, 0.1) is 18.8 Å². The molecule has 0 saturated carbocycles. The van der Waals surface area contributed by atoms with Crippen molar-refractivity contribution in [2.45, 2.75) is 31.5 Å². The molecular formula is C27H26F2N8O2. The summed E-state index contributed by atoms with van der Waals surface area (Å²) in [5, 5.41) is 13.8. The van der Waals surface area contributed by atoms with E-state index in [-0.39, 0.29) is 17.1 Å². The van der Waals surface area contributed by atoms with Crippen LogP contribution in [0.5, 0.6) is 11.6 Å². The first-order valence-corrected chi connectivity index (χ1v) is 12.5. The smallest absolute Gasteiger partial charge is 0.272 e. The third kappa shape index (κ3) is 4.66. The van der Waals surface area contributed by atoms with Crippen LogP contribution < -0.4 is 20.1 Å². The third-order valence-electron chi connectivity index (χ3n) is 7.32. The van der Waals surface area contributed by atoms with Gasteiger partial charge >= 0.3 is 0 Å². The van der Waals surface area contributed by atoms with Crippen molar-refractivity contribution in [2.24, 2.45) is 0 Å². The Morgan fingerprint density at radius 3 is 2.62 bits per heavy atom. The molecule has 10 nitrogen and oxygen atoms in total. The number of nitrogens with two attached hydrogens (primary N) is 1. The standard InChI is InChI=1S/C27H26F2N8O2/c1-38-25-5-2-16(9-33-25)11-36-18-6-19(36)13-35(12-18)24-4-3-17(10-32-24)21-7-20(39-15-23(28)29)14-37-26(21)22(8-30)27(31)34-37/h2-5,7,9-10,14,18-19,23H,6,11-13,15H2,1H3,(H2,31,34). The number of fused-ring (bicyclic) bond motifs is 3. The summed E-state index contributed by atoms with van der Waals surface area (Å²) in [5.41, 5.74) is 9.04. The molecule has 0 radical (unpaired) electrons. The van der Waals surface area contributed by atoms with Crippen LogP contribution in [0.1, 0.15) is 17.5 Å². The molecular weight excluding hydrogens is 506 g/mol. The van der Waals surface area contributed by atoms with Gasteiger partial charge in [0.25, 0.3) is 6.43 Å². The summed E-state index contributed by atoms with van der Waals surface area (Å²) in [6.45, 7) is 1.83. The summed E-state index contributed by atoms with van der Waals surface area (Å²) in [6, 6.07) is 12.3. The fourth-order valence-electron chi connectivity index (χ4n) is 5.44. The maximum atomic E-state index is 12.8. The van der Waals surface area contributed by atoms with Crippen LogP contribution in [0.3, 0.4) is 0 Å². The lowest BCUT2D eigenvalue weighted by Crippen LogP contribution is -2.68. The Kier molecular flexibility index (Phi) is 6.36. The molecule has 2 bridgehead atoms. The lowest BCUT2D eigenvalue weighted by Gasteiger charge is -2.56. The molecule has 0 aromatic carbocycles. The van der Waals surface area contributed by atoms with Gasteiger partial charge in [0.15, 0.2) is 5.82 Å².